The van der Waals surface area contributed by atoms with E-state index in [1.54, 1.807) is 12.1 Å². The van der Waals surface area contributed by atoms with E-state index >= 15 is 0 Å². The average molecular weight is 316 g/mol. The Labute approximate surface area is 114 Å². The highest BCUT2D eigenvalue weighted by Crippen LogP contribution is 2.29. The molecule has 0 atom stereocenters. The normalized spacial score (nSPS) is 16.4. The second kappa shape index (κ2) is 5.67. The lowest BCUT2D eigenvalue weighted by atomic mass is 10.1. The Kier molecular flexibility index (Phi) is 4.19. The molecule has 1 aliphatic heterocycles. The molecule has 2 rings (SSSR count). The summed E-state index contributed by atoms with van der Waals surface area (Å²) < 4.78 is 19.9. The van der Waals surface area contributed by atoms with Gasteiger partial charge in [0.2, 0.25) is 0 Å². The molecule has 3 N–H and O–H groups in total. The van der Waals surface area contributed by atoms with Crippen LogP contribution in [-0.4, -0.2) is 32.1 Å². The fraction of sp³-hybridized carbons (Fsp3) is 0.417. The maximum Gasteiger partial charge on any atom is 0.161 e. The third kappa shape index (κ3) is 2.64. The van der Waals surface area contributed by atoms with Crippen molar-refractivity contribution in [1.82, 2.24) is 0 Å². The Morgan fingerprint density at radius 1 is 1.39 bits per heavy atom. The predicted molar refractivity (Wildman–Crippen MR) is 72.8 cm³/mol. The van der Waals surface area contributed by atoms with E-state index in [4.69, 9.17) is 15.9 Å². The number of benzene rings is 1. The molecule has 18 heavy (non-hydrogen) atoms. The molecule has 0 bridgehead atoms. The molecule has 0 spiro atoms. The van der Waals surface area contributed by atoms with Gasteiger partial charge in [-0.15, -0.1) is 0 Å². The molecule has 1 saturated heterocycles. The molecule has 1 aliphatic rings. The summed E-state index contributed by atoms with van der Waals surface area (Å²) in [6.45, 7) is 2.75. The molecule has 0 aliphatic carbocycles. The van der Waals surface area contributed by atoms with Gasteiger partial charge >= 0.3 is 0 Å². The van der Waals surface area contributed by atoms with E-state index in [0.717, 1.165) is 13.0 Å². The summed E-state index contributed by atoms with van der Waals surface area (Å²) in [7, 11) is 0. The van der Waals surface area contributed by atoms with Gasteiger partial charge in [0.05, 0.1) is 16.8 Å². The van der Waals surface area contributed by atoms with Crippen molar-refractivity contribution in [1.29, 1.82) is 5.41 Å². The summed E-state index contributed by atoms with van der Waals surface area (Å²) in [5, 5.41) is 7.37. The zero-order valence-electron chi connectivity index (χ0n) is 9.88. The molecule has 1 fully saturated rings. The molecule has 0 amide bonds. The van der Waals surface area contributed by atoms with E-state index in [1.807, 2.05) is 4.90 Å². The van der Waals surface area contributed by atoms with Gasteiger partial charge in [-0.2, -0.15) is 0 Å². The summed E-state index contributed by atoms with van der Waals surface area (Å²) in [4.78, 5) is 1.96. The van der Waals surface area contributed by atoms with Crippen molar-refractivity contribution >= 4 is 27.5 Å². The summed E-state index contributed by atoms with van der Waals surface area (Å²) in [6, 6.07) is 3.33. The van der Waals surface area contributed by atoms with Crippen LogP contribution in [0.3, 0.4) is 0 Å². The predicted octanol–water partition coefficient (Wildman–Crippen LogP) is 2.10. The van der Waals surface area contributed by atoms with Crippen LogP contribution >= 0.6 is 15.9 Å². The van der Waals surface area contributed by atoms with Crippen molar-refractivity contribution in [3.8, 4) is 0 Å². The fourth-order valence-corrected chi connectivity index (χ4v) is 2.53. The Morgan fingerprint density at radius 3 is 2.89 bits per heavy atom. The zero-order chi connectivity index (χ0) is 13.1. The Hall–Kier alpha value is -1.14. The molecule has 1 aromatic carbocycles. The van der Waals surface area contributed by atoms with Crippen molar-refractivity contribution in [2.24, 2.45) is 5.73 Å². The van der Waals surface area contributed by atoms with Crippen LogP contribution in [0.1, 0.15) is 12.0 Å². The number of hydrogen-bond donors (Lipinski definition) is 2. The number of nitrogens with zero attached hydrogens (tertiary/aromatic N) is 1. The minimum absolute atomic E-state index is 0.147. The van der Waals surface area contributed by atoms with Gasteiger partial charge < -0.3 is 15.4 Å². The molecule has 6 heteroatoms. The lowest BCUT2D eigenvalue weighted by Gasteiger charge is -2.23. The molecule has 0 saturated carbocycles. The standard InChI is InChI=1S/C12H15BrFN3O/c13-10-8(12(15)16)2-3-9(11(10)14)17-4-1-6-18-7-5-17/h2-3H,1,4-7H2,(H3,15,16). The summed E-state index contributed by atoms with van der Waals surface area (Å²) in [6.07, 6.45) is 0.880. The Morgan fingerprint density at radius 2 is 2.17 bits per heavy atom. The monoisotopic (exact) mass is 315 g/mol. The molecular weight excluding hydrogens is 301 g/mol. The second-order valence-electron chi connectivity index (χ2n) is 4.13. The number of hydrogen-bond acceptors (Lipinski definition) is 3. The van der Waals surface area contributed by atoms with E-state index in [9.17, 15) is 4.39 Å². The Bertz CT molecular complexity index is 459. The lowest BCUT2D eigenvalue weighted by Crippen LogP contribution is -2.27. The van der Waals surface area contributed by atoms with Crippen LogP contribution in [0.5, 0.6) is 0 Å². The first-order chi connectivity index (χ1) is 8.61. The van der Waals surface area contributed by atoms with Crippen molar-refractivity contribution in [3.63, 3.8) is 0 Å². The molecule has 4 nitrogen and oxygen atoms in total. The molecule has 1 aromatic rings. The molecule has 1 heterocycles. The number of amidine groups is 1. The van der Waals surface area contributed by atoms with Crippen LogP contribution in [0.15, 0.2) is 16.6 Å². The van der Waals surface area contributed by atoms with Crippen LogP contribution in [-0.2, 0) is 4.74 Å². The SMILES string of the molecule is N=C(N)c1ccc(N2CCCOCC2)c(F)c1Br. The number of nitrogens with one attached hydrogen (secondary N) is 1. The first-order valence-electron chi connectivity index (χ1n) is 5.76. The second-order valence-corrected chi connectivity index (χ2v) is 4.92. The fourth-order valence-electron chi connectivity index (χ4n) is 1.98. The third-order valence-electron chi connectivity index (χ3n) is 2.92. The molecule has 0 aromatic heterocycles. The number of anilines is 1. The smallest absolute Gasteiger partial charge is 0.161 e. The van der Waals surface area contributed by atoms with E-state index < -0.39 is 0 Å². The van der Waals surface area contributed by atoms with Crippen LogP contribution in [0.2, 0.25) is 0 Å². The molecule has 98 valence electrons. The van der Waals surface area contributed by atoms with Crippen LogP contribution < -0.4 is 10.6 Å². The van der Waals surface area contributed by atoms with Gasteiger partial charge in [0, 0.05) is 25.3 Å². The number of nitrogens with two attached hydrogens (primary N) is 1. The molecular formula is C12H15BrFN3O. The number of ether oxygens (including phenoxy) is 1. The minimum atomic E-state index is -0.371. The van der Waals surface area contributed by atoms with Gasteiger partial charge in [-0.25, -0.2) is 4.39 Å². The zero-order valence-corrected chi connectivity index (χ0v) is 11.5. The third-order valence-corrected chi connectivity index (χ3v) is 3.69. The summed E-state index contributed by atoms with van der Waals surface area (Å²) in [5.74, 6) is -0.517. The number of rotatable bonds is 2. The quantitative estimate of drug-likeness (QED) is 0.649. The minimum Gasteiger partial charge on any atom is -0.384 e. The largest absolute Gasteiger partial charge is 0.384 e. The lowest BCUT2D eigenvalue weighted by molar-refractivity contribution is 0.152. The van der Waals surface area contributed by atoms with Crippen molar-refractivity contribution in [2.45, 2.75) is 6.42 Å². The highest BCUT2D eigenvalue weighted by Gasteiger charge is 2.18. The van der Waals surface area contributed by atoms with Crippen LogP contribution in [0.4, 0.5) is 10.1 Å². The van der Waals surface area contributed by atoms with E-state index in [0.29, 0.717) is 31.0 Å². The van der Waals surface area contributed by atoms with E-state index in [-0.39, 0.29) is 16.1 Å². The Balaban J connectivity index is 2.33. The van der Waals surface area contributed by atoms with Gasteiger partial charge in [0.1, 0.15) is 5.84 Å². The van der Waals surface area contributed by atoms with Gasteiger partial charge in [-0.05, 0) is 34.5 Å². The topological polar surface area (TPSA) is 62.3 Å². The highest BCUT2D eigenvalue weighted by atomic mass is 79.9. The maximum absolute atomic E-state index is 14.3. The molecule has 0 unspecified atom stereocenters. The van der Waals surface area contributed by atoms with Gasteiger partial charge in [0.15, 0.2) is 5.82 Å². The first-order valence-corrected chi connectivity index (χ1v) is 6.55. The van der Waals surface area contributed by atoms with Crippen LogP contribution in [0, 0.1) is 11.2 Å². The highest BCUT2D eigenvalue weighted by molar-refractivity contribution is 9.10. The van der Waals surface area contributed by atoms with Gasteiger partial charge in [-0.3, -0.25) is 5.41 Å². The van der Waals surface area contributed by atoms with Crippen LogP contribution in [0.25, 0.3) is 0 Å². The first kappa shape index (κ1) is 13.3. The number of halogens is 2. The van der Waals surface area contributed by atoms with E-state index in [1.165, 1.54) is 0 Å². The van der Waals surface area contributed by atoms with Crippen molar-refractivity contribution < 1.29 is 9.13 Å². The van der Waals surface area contributed by atoms with E-state index in [2.05, 4.69) is 15.9 Å². The van der Waals surface area contributed by atoms with Gasteiger partial charge in [0.25, 0.3) is 0 Å². The molecule has 0 radical (unpaired) electrons. The van der Waals surface area contributed by atoms with Crippen molar-refractivity contribution in [2.75, 3.05) is 31.2 Å². The van der Waals surface area contributed by atoms with Crippen molar-refractivity contribution in [3.05, 3.63) is 28.0 Å². The number of nitrogen functional groups attached to an aromatic ring is 1. The summed E-state index contributed by atoms with van der Waals surface area (Å²) >= 11 is 3.16. The van der Waals surface area contributed by atoms with Gasteiger partial charge in [-0.1, -0.05) is 0 Å². The average Bonchev–Trinajstić information content (AvgIpc) is 2.60. The summed E-state index contributed by atoms with van der Waals surface area (Å²) in [5.41, 5.74) is 6.29. The maximum atomic E-state index is 14.3.